The molecule has 1 amide bonds. The molecule has 2 heterocycles. The van der Waals surface area contributed by atoms with Crippen LogP contribution in [0, 0.1) is 0 Å². The molecule has 0 aromatic carbocycles. The number of piperazine rings is 1. The molecule has 0 bridgehead atoms. The highest BCUT2D eigenvalue weighted by atomic mass is 79.9. The van der Waals surface area contributed by atoms with Crippen LogP contribution in [0.3, 0.4) is 0 Å². The van der Waals surface area contributed by atoms with Crippen LogP contribution in [0.2, 0.25) is 0 Å². The monoisotopic (exact) mass is 366 g/mol. The molecule has 1 aromatic heterocycles. The molecule has 1 aromatic rings. The molecule has 1 saturated heterocycles. The third-order valence-electron chi connectivity index (χ3n) is 2.51. The Hall–Kier alpha value is 0.0900. The van der Waals surface area contributed by atoms with Gasteiger partial charge in [-0.1, -0.05) is 0 Å². The molecule has 0 spiro atoms. The second-order valence-electron chi connectivity index (χ2n) is 3.84. The van der Waals surface area contributed by atoms with Crippen LogP contribution in [-0.2, 0) is 0 Å². The van der Waals surface area contributed by atoms with Crippen molar-refractivity contribution < 1.29 is 4.79 Å². The van der Waals surface area contributed by atoms with Crippen LogP contribution < -0.4 is 5.32 Å². The standard InChI is InChI=1S/C10H12Br2N2OS/c1-6-5-14(3-2-13-6)10(15)8-4-7(11)9(12)16-8/h4,6,13H,2-3,5H2,1H3. The average Bonchev–Trinajstić information content (AvgIpc) is 2.58. The lowest BCUT2D eigenvalue weighted by Gasteiger charge is -2.31. The second-order valence-corrected chi connectivity index (χ2v) is 7.06. The van der Waals surface area contributed by atoms with E-state index < -0.39 is 0 Å². The lowest BCUT2D eigenvalue weighted by molar-refractivity contribution is 0.0714. The van der Waals surface area contributed by atoms with Crippen LogP contribution in [-0.4, -0.2) is 36.5 Å². The Bertz CT molecular complexity index is 388. The number of carbonyl (C=O) groups excluding carboxylic acids is 1. The van der Waals surface area contributed by atoms with E-state index in [2.05, 4.69) is 44.1 Å². The fourth-order valence-electron chi connectivity index (χ4n) is 1.72. The van der Waals surface area contributed by atoms with Crippen molar-refractivity contribution in [2.24, 2.45) is 0 Å². The van der Waals surface area contributed by atoms with E-state index in [0.29, 0.717) is 6.04 Å². The topological polar surface area (TPSA) is 32.3 Å². The Balaban J connectivity index is 2.12. The summed E-state index contributed by atoms with van der Waals surface area (Å²) in [6.45, 7) is 4.54. The predicted octanol–water partition coefficient (Wildman–Crippen LogP) is 2.71. The van der Waals surface area contributed by atoms with E-state index >= 15 is 0 Å². The minimum absolute atomic E-state index is 0.129. The Morgan fingerprint density at radius 3 is 2.94 bits per heavy atom. The second kappa shape index (κ2) is 5.16. The Morgan fingerprint density at radius 2 is 2.38 bits per heavy atom. The largest absolute Gasteiger partial charge is 0.335 e. The van der Waals surface area contributed by atoms with Gasteiger partial charge in [-0.05, 0) is 44.8 Å². The van der Waals surface area contributed by atoms with Crippen LogP contribution in [0.25, 0.3) is 0 Å². The van der Waals surface area contributed by atoms with E-state index in [1.807, 2.05) is 11.0 Å². The van der Waals surface area contributed by atoms with E-state index in [9.17, 15) is 4.79 Å². The molecular formula is C10H12Br2N2OS. The third kappa shape index (κ3) is 2.67. The predicted molar refractivity (Wildman–Crippen MR) is 73.1 cm³/mol. The van der Waals surface area contributed by atoms with Crippen molar-refractivity contribution in [3.8, 4) is 0 Å². The van der Waals surface area contributed by atoms with Gasteiger partial charge in [0.05, 0.1) is 8.66 Å². The van der Waals surface area contributed by atoms with E-state index in [-0.39, 0.29) is 5.91 Å². The number of nitrogens with one attached hydrogen (secondary N) is 1. The van der Waals surface area contributed by atoms with E-state index in [1.165, 1.54) is 11.3 Å². The first-order valence-corrected chi connectivity index (χ1v) is 7.45. The minimum Gasteiger partial charge on any atom is -0.335 e. The first-order valence-electron chi connectivity index (χ1n) is 5.05. The third-order valence-corrected chi connectivity index (χ3v) is 5.76. The first-order chi connectivity index (χ1) is 7.58. The summed E-state index contributed by atoms with van der Waals surface area (Å²) in [7, 11) is 0. The lowest BCUT2D eigenvalue weighted by atomic mass is 10.2. The number of hydrogen-bond donors (Lipinski definition) is 1. The number of hydrogen-bond acceptors (Lipinski definition) is 3. The van der Waals surface area contributed by atoms with Crippen LogP contribution in [0.15, 0.2) is 14.3 Å². The molecule has 88 valence electrons. The number of carbonyl (C=O) groups is 1. The van der Waals surface area contributed by atoms with Crippen molar-refractivity contribution >= 4 is 49.1 Å². The van der Waals surface area contributed by atoms with Crippen LogP contribution in [0.4, 0.5) is 0 Å². The Morgan fingerprint density at radius 1 is 1.62 bits per heavy atom. The van der Waals surface area contributed by atoms with E-state index in [0.717, 1.165) is 32.8 Å². The zero-order valence-corrected chi connectivity index (χ0v) is 12.8. The highest BCUT2D eigenvalue weighted by Gasteiger charge is 2.23. The summed E-state index contributed by atoms with van der Waals surface area (Å²) in [4.78, 5) is 14.9. The first kappa shape index (κ1) is 12.5. The fraction of sp³-hybridized carbons (Fsp3) is 0.500. The van der Waals surface area contributed by atoms with Gasteiger partial charge in [-0.25, -0.2) is 0 Å². The van der Waals surface area contributed by atoms with Gasteiger partial charge < -0.3 is 10.2 Å². The molecule has 1 aliphatic rings. The number of nitrogens with zero attached hydrogens (tertiary/aromatic N) is 1. The summed E-state index contributed by atoms with van der Waals surface area (Å²) in [5, 5.41) is 3.33. The maximum atomic E-state index is 12.2. The number of amides is 1. The van der Waals surface area contributed by atoms with Crippen LogP contribution in [0.1, 0.15) is 16.6 Å². The van der Waals surface area contributed by atoms with Crippen molar-refractivity contribution in [1.29, 1.82) is 0 Å². The number of rotatable bonds is 1. The van der Waals surface area contributed by atoms with Crippen LogP contribution >= 0.6 is 43.2 Å². The van der Waals surface area contributed by atoms with Crippen LogP contribution in [0.5, 0.6) is 0 Å². The zero-order valence-electron chi connectivity index (χ0n) is 8.80. The van der Waals surface area contributed by atoms with Gasteiger partial charge >= 0.3 is 0 Å². The smallest absolute Gasteiger partial charge is 0.264 e. The quantitative estimate of drug-likeness (QED) is 0.827. The Kier molecular flexibility index (Phi) is 4.05. The molecule has 1 atom stereocenters. The SMILES string of the molecule is CC1CN(C(=O)c2cc(Br)c(Br)s2)CCN1. The van der Waals surface area contributed by atoms with Gasteiger partial charge in [0.25, 0.3) is 5.91 Å². The van der Waals surface area contributed by atoms with E-state index in [1.54, 1.807) is 0 Å². The van der Waals surface area contributed by atoms with Gasteiger partial charge in [-0.3, -0.25) is 4.79 Å². The molecular weight excluding hydrogens is 356 g/mol. The van der Waals surface area contributed by atoms with Crippen molar-refractivity contribution in [3.63, 3.8) is 0 Å². The fourth-order valence-corrected chi connectivity index (χ4v) is 3.73. The molecule has 16 heavy (non-hydrogen) atoms. The summed E-state index contributed by atoms with van der Waals surface area (Å²) >= 11 is 8.28. The summed E-state index contributed by atoms with van der Waals surface area (Å²) in [6.07, 6.45) is 0. The van der Waals surface area contributed by atoms with Crippen molar-refractivity contribution in [2.75, 3.05) is 19.6 Å². The molecule has 6 heteroatoms. The maximum absolute atomic E-state index is 12.2. The summed E-state index contributed by atoms with van der Waals surface area (Å²) < 4.78 is 1.92. The van der Waals surface area contributed by atoms with E-state index in [4.69, 9.17) is 0 Å². The molecule has 0 saturated carbocycles. The van der Waals surface area contributed by atoms with Gasteiger partial charge in [0.15, 0.2) is 0 Å². The zero-order chi connectivity index (χ0) is 11.7. The molecule has 2 rings (SSSR count). The summed E-state index contributed by atoms with van der Waals surface area (Å²) in [6, 6.07) is 2.26. The highest BCUT2D eigenvalue weighted by Crippen LogP contribution is 2.33. The molecule has 0 radical (unpaired) electrons. The normalized spacial score (nSPS) is 21.2. The van der Waals surface area contributed by atoms with Gasteiger partial charge in [-0.2, -0.15) is 0 Å². The van der Waals surface area contributed by atoms with Gasteiger partial charge in [0, 0.05) is 30.1 Å². The highest BCUT2D eigenvalue weighted by molar-refractivity contribution is 9.13. The lowest BCUT2D eigenvalue weighted by Crippen LogP contribution is -2.51. The molecule has 0 aliphatic carbocycles. The average molecular weight is 368 g/mol. The molecule has 3 nitrogen and oxygen atoms in total. The van der Waals surface area contributed by atoms with Crippen molar-refractivity contribution in [3.05, 3.63) is 19.2 Å². The minimum atomic E-state index is 0.129. The van der Waals surface area contributed by atoms with Crippen molar-refractivity contribution in [1.82, 2.24) is 10.2 Å². The van der Waals surface area contributed by atoms with Gasteiger partial charge in [0.2, 0.25) is 0 Å². The number of thiophene rings is 1. The summed E-state index contributed by atoms with van der Waals surface area (Å²) in [5.74, 6) is 0.129. The molecule has 1 unspecified atom stereocenters. The number of halogens is 2. The summed E-state index contributed by atoms with van der Waals surface area (Å²) in [5.41, 5.74) is 0. The maximum Gasteiger partial charge on any atom is 0.264 e. The Labute approximate surface area is 115 Å². The molecule has 1 N–H and O–H groups in total. The van der Waals surface area contributed by atoms with Gasteiger partial charge in [-0.15, -0.1) is 11.3 Å². The van der Waals surface area contributed by atoms with Gasteiger partial charge in [0.1, 0.15) is 0 Å². The molecule has 1 aliphatic heterocycles. The molecule has 1 fully saturated rings. The van der Waals surface area contributed by atoms with Crippen molar-refractivity contribution in [2.45, 2.75) is 13.0 Å².